The molecule has 32 heavy (non-hydrogen) atoms. The van der Waals surface area contributed by atoms with Gasteiger partial charge in [0.2, 0.25) is 9.84 Å². The average molecular weight is 468 g/mol. The number of benzene rings is 2. The minimum atomic E-state index is -4.76. The lowest BCUT2D eigenvalue weighted by Crippen LogP contribution is -2.36. The van der Waals surface area contributed by atoms with Crippen molar-refractivity contribution in [3.63, 3.8) is 0 Å². The van der Waals surface area contributed by atoms with Crippen LogP contribution in [0.15, 0.2) is 53.4 Å². The highest BCUT2D eigenvalue weighted by atomic mass is 32.2. The highest BCUT2D eigenvalue weighted by molar-refractivity contribution is 7.91. The number of carbonyl (C=O) groups is 2. The number of sulfone groups is 1. The van der Waals surface area contributed by atoms with E-state index < -0.39 is 38.5 Å². The average Bonchev–Trinajstić information content (AvgIpc) is 2.80. The molecule has 11 heteroatoms. The van der Waals surface area contributed by atoms with Crippen LogP contribution in [0.1, 0.15) is 17.3 Å². The molecule has 0 aromatic heterocycles. The Morgan fingerprint density at radius 1 is 1.03 bits per heavy atom. The van der Waals surface area contributed by atoms with Crippen molar-refractivity contribution in [1.82, 2.24) is 0 Å². The van der Waals surface area contributed by atoms with Crippen LogP contribution < -0.4 is 10.2 Å². The van der Waals surface area contributed by atoms with Crippen molar-refractivity contribution in [3.05, 3.63) is 54.1 Å². The van der Waals surface area contributed by atoms with E-state index in [0.717, 1.165) is 43.0 Å². The van der Waals surface area contributed by atoms with Gasteiger partial charge in [0.15, 0.2) is 6.10 Å². The quantitative estimate of drug-likeness (QED) is 0.624. The molecule has 1 aliphatic heterocycles. The van der Waals surface area contributed by atoms with Gasteiger partial charge < -0.3 is 19.7 Å². The van der Waals surface area contributed by atoms with Gasteiger partial charge in [-0.2, -0.15) is 8.78 Å². The second-order valence-corrected chi connectivity index (χ2v) is 8.93. The Labute approximate surface area is 184 Å². The highest BCUT2D eigenvalue weighted by Gasteiger charge is 2.27. The van der Waals surface area contributed by atoms with Crippen LogP contribution in [-0.2, 0) is 24.1 Å². The van der Waals surface area contributed by atoms with Crippen LogP contribution in [0.4, 0.5) is 20.2 Å². The monoisotopic (exact) mass is 468 g/mol. The van der Waals surface area contributed by atoms with Crippen molar-refractivity contribution in [2.45, 2.75) is 23.7 Å². The van der Waals surface area contributed by atoms with Crippen LogP contribution in [0.5, 0.6) is 0 Å². The molecule has 1 aliphatic rings. The van der Waals surface area contributed by atoms with E-state index >= 15 is 0 Å². The molecule has 0 aliphatic carbocycles. The Hall–Kier alpha value is -3.05. The van der Waals surface area contributed by atoms with Gasteiger partial charge in [-0.15, -0.1) is 0 Å². The van der Waals surface area contributed by atoms with Gasteiger partial charge in [0.25, 0.3) is 5.91 Å². The molecule has 0 bridgehead atoms. The largest absolute Gasteiger partial charge is 0.449 e. The Morgan fingerprint density at radius 3 is 2.19 bits per heavy atom. The van der Waals surface area contributed by atoms with Crippen LogP contribution in [-0.4, -0.2) is 58.5 Å². The third-order valence-electron chi connectivity index (χ3n) is 4.82. The fourth-order valence-corrected chi connectivity index (χ4v) is 3.71. The van der Waals surface area contributed by atoms with Crippen molar-refractivity contribution in [2.75, 3.05) is 36.5 Å². The van der Waals surface area contributed by atoms with Gasteiger partial charge in [-0.3, -0.25) is 4.79 Å². The van der Waals surface area contributed by atoms with E-state index in [1.54, 1.807) is 12.1 Å². The standard InChI is InChI=1S/C21H22F2N2O6S/c1-14(31-20(27)15-2-8-18(9-3-15)32(28,29)21(22)23)19(26)24-16-4-6-17(7-5-16)25-10-12-30-13-11-25/h2-9,14,21H,10-13H2,1H3,(H,24,26)/t14-/m0/s1. The first-order valence-electron chi connectivity index (χ1n) is 9.75. The Balaban J connectivity index is 1.56. The summed E-state index contributed by atoms with van der Waals surface area (Å²) in [7, 11) is -4.76. The number of hydrogen-bond donors (Lipinski definition) is 1. The van der Waals surface area contributed by atoms with Gasteiger partial charge in [-0.25, -0.2) is 13.2 Å². The second-order valence-electron chi connectivity index (χ2n) is 7.01. The Bertz CT molecular complexity index is 1050. The molecule has 1 N–H and O–H groups in total. The van der Waals surface area contributed by atoms with Crippen LogP contribution in [0.25, 0.3) is 0 Å². The van der Waals surface area contributed by atoms with Crippen molar-refractivity contribution in [3.8, 4) is 0 Å². The number of alkyl halides is 2. The van der Waals surface area contributed by atoms with Gasteiger partial charge in [0, 0.05) is 24.5 Å². The number of morpholine rings is 1. The predicted octanol–water partition coefficient (Wildman–Crippen LogP) is 2.70. The first kappa shape index (κ1) is 23.6. The molecule has 0 spiro atoms. The molecule has 0 radical (unpaired) electrons. The normalized spacial score (nSPS) is 15.3. The van der Waals surface area contributed by atoms with E-state index in [-0.39, 0.29) is 5.56 Å². The summed E-state index contributed by atoms with van der Waals surface area (Å²) in [5.41, 5.74) is 1.45. The maximum absolute atomic E-state index is 12.6. The third-order valence-corrected chi connectivity index (χ3v) is 6.22. The third kappa shape index (κ3) is 5.60. The Morgan fingerprint density at radius 2 is 1.62 bits per heavy atom. The minimum Gasteiger partial charge on any atom is -0.449 e. The second kappa shape index (κ2) is 10.0. The van der Waals surface area contributed by atoms with Crippen LogP contribution in [0.2, 0.25) is 0 Å². The van der Waals surface area contributed by atoms with E-state index in [1.165, 1.54) is 6.92 Å². The molecular weight excluding hydrogens is 446 g/mol. The number of nitrogens with one attached hydrogen (secondary N) is 1. The fourth-order valence-electron chi connectivity index (χ4n) is 2.99. The molecule has 1 saturated heterocycles. The number of hydrogen-bond acceptors (Lipinski definition) is 7. The first-order chi connectivity index (χ1) is 15.2. The zero-order chi connectivity index (χ0) is 23.3. The zero-order valence-electron chi connectivity index (χ0n) is 17.2. The summed E-state index contributed by atoms with van der Waals surface area (Å²) < 4.78 is 58.5. The fraction of sp³-hybridized carbons (Fsp3) is 0.333. The first-order valence-corrected chi connectivity index (χ1v) is 11.3. The predicted molar refractivity (Wildman–Crippen MR) is 113 cm³/mol. The maximum atomic E-state index is 12.6. The molecule has 2 aromatic rings. The number of amides is 1. The SMILES string of the molecule is C[C@H](OC(=O)c1ccc(S(=O)(=O)C(F)F)cc1)C(=O)Nc1ccc(N2CCOCC2)cc1. The zero-order valence-corrected chi connectivity index (χ0v) is 18.0. The van der Waals surface area contributed by atoms with Gasteiger partial charge in [-0.05, 0) is 55.5 Å². The summed E-state index contributed by atoms with van der Waals surface area (Å²) in [6, 6.07) is 11.1. The molecule has 1 atom stereocenters. The maximum Gasteiger partial charge on any atom is 0.341 e. The lowest BCUT2D eigenvalue weighted by atomic mass is 10.2. The topological polar surface area (TPSA) is 102 Å². The molecule has 1 fully saturated rings. The van der Waals surface area contributed by atoms with Crippen molar-refractivity contribution < 1.29 is 36.3 Å². The molecule has 0 unspecified atom stereocenters. The van der Waals surface area contributed by atoms with Crippen molar-refractivity contribution in [1.29, 1.82) is 0 Å². The molecule has 172 valence electrons. The number of esters is 1. The summed E-state index contributed by atoms with van der Waals surface area (Å²) in [6.07, 6.45) is -1.15. The number of rotatable bonds is 7. The molecule has 8 nitrogen and oxygen atoms in total. The van der Waals surface area contributed by atoms with E-state index in [0.29, 0.717) is 18.9 Å². The van der Waals surface area contributed by atoms with Crippen molar-refractivity contribution >= 4 is 33.1 Å². The number of halogens is 2. The highest BCUT2D eigenvalue weighted by Crippen LogP contribution is 2.21. The smallest absolute Gasteiger partial charge is 0.341 e. The molecule has 1 amide bonds. The van der Waals surface area contributed by atoms with E-state index in [4.69, 9.17) is 9.47 Å². The van der Waals surface area contributed by atoms with Gasteiger partial charge >= 0.3 is 11.7 Å². The number of nitrogens with zero attached hydrogens (tertiary/aromatic N) is 1. The minimum absolute atomic E-state index is 0.0762. The van der Waals surface area contributed by atoms with Gasteiger partial charge in [0.05, 0.1) is 23.7 Å². The molecule has 0 saturated carbocycles. The number of ether oxygens (including phenoxy) is 2. The van der Waals surface area contributed by atoms with Gasteiger partial charge in [-0.1, -0.05) is 0 Å². The number of anilines is 2. The van der Waals surface area contributed by atoms with E-state index in [1.807, 2.05) is 12.1 Å². The summed E-state index contributed by atoms with van der Waals surface area (Å²) >= 11 is 0. The lowest BCUT2D eigenvalue weighted by Gasteiger charge is -2.28. The molecule has 3 rings (SSSR count). The summed E-state index contributed by atoms with van der Waals surface area (Å²) in [4.78, 5) is 26.1. The van der Waals surface area contributed by atoms with Gasteiger partial charge in [0.1, 0.15) is 0 Å². The summed E-state index contributed by atoms with van der Waals surface area (Å²) in [5.74, 6) is -5.02. The summed E-state index contributed by atoms with van der Waals surface area (Å²) in [5, 5.41) is 2.65. The van der Waals surface area contributed by atoms with E-state index in [2.05, 4.69) is 10.2 Å². The molecular formula is C21H22F2N2O6S. The van der Waals surface area contributed by atoms with Crippen LogP contribution >= 0.6 is 0 Å². The molecule has 1 heterocycles. The summed E-state index contributed by atoms with van der Waals surface area (Å²) in [6.45, 7) is 4.27. The number of carbonyl (C=O) groups excluding carboxylic acids is 2. The van der Waals surface area contributed by atoms with Crippen molar-refractivity contribution in [2.24, 2.45) is 0 Å². The Kier molecular flexibility index (Phi) is 7.41. The molecule has 2 aromatic carbocycles. The van der Waals surface area contributed by atoms with Crippen LogP contribution in [0, 0.1) is 0 Å². The lowest BCUT2D eigenvalue weighted by molar-refractivity contribution is -0.123. The van der Waals surface area contributed by atoms with E-state index in [9.17, 15) is 26.8 Å². The van der Waals surface area contributed by atoms with Crippen LogP contribution in [0.3, 0.4) is 0 Å².